The molecule has 0 heterocycles. The number of nitrogens with two attached hydrogens (primary N) is 1. The van der Waals surface area contributed by atoms with Gasteiger partial charge in [0.1, 0.15) is 11.6 Å². The first-order valence-corrected chi connectivity index (χ1v) is 7.21. The molecule has 2 rings (SSSR count). The van der Waals surface area contributed by atoms with Crippen LogP contribution in [-0.2, 0) is 0 Å². The van der Waals surface area contributed by atoms with E-state index in [0.29, 0.717) is 18.0 Å². The molecular weight excluding hydrogens is 267 g/mol. The Hall–Kier alpha value is -2.23. The van der Waals surface area contributed by atoms with Gasteiger partial charge in [0, 0.05) is 12.2 Å². The molecule has 0 aliphatic rings. The molecule has 0 spiro atoms. The molecule has 0 bridgehead atoms. The molecule has 21 heavy (non-hydrogen) atoms. The van der Waals surface area contributed by atoms with E-state index in [0.717, 1.165) is 24.3 Å². The highest BCUT2D eigenvalue weighted by Gasteiger charge is 2.13. The van der Waals surface area contributed by atoms with E-state index in [9.17, 15) is 4.39 Å². The third-order valence-electron chi connectivity index (χ3n) is 3.25. The van der Waals surface area contributed by atoms with Crippen LogP contribution >= 0.6 is 0 Å². The Labute approximate surface area is 125 Å². The molecular formula is C17H21FN2O. The van der Waals surface area contributed by atoms with E-state index in [4.69, 9.17) is 10.5 Å². The van der Waals surface area contributed by atoms with Crippen molar-refractivity contribution in [2.75, 3.05) is 23.8 Å². The fourth-order valence-electron chi connectivity index (χ4n) is 2.22. The standard InChI is InChI=1S/C17H21FN2O/c1-3-12-21-16-7-5-6-15(17(16)19)20(4-2)14-10-8-13(18)9-11-14/h5-11H,3-4,12,19H2,1-2H3. The maximum Gasteiger partial charge on any atom is 0.144 e. The highest BCUT2D eigenvalue weighted by Crippen LogP contribution is 2.36. The lowest BCUT2D eigenvalue weighted by Crippen LogP contribution is -2.18. The summed E-state index contributed by atoms with van der Waals surface area (Å²) in [7, 11) is 0. The number of nitrogens with zero attached hydrogens (tertiary/aromatic N) is 1. The maximum atomic E-state index is 13.1. The monoisotopic (exact) mass is 288 g/mol. The molecule has 2 aromatic rings. The van der Waals surface area contributed by atoms with Gasteiger partial charge in [-0.15, -0.1) is 0 Å². The van der Waals surface area contributed by atoms with Crippen LogP contribution in [0.2, 0.25) is 0 Å². The Morgan fingerprint density at radius 3 is 2.43 bits per heavy atom. The second-order valence-electron chi connectivity index (χ2n) is 4.76. The lowest BCUT2D eigenvalue weighted by molar-refractivity contribution is 0.319. The van der Waals surface area contributed by atoms with Gasteiger partial charge < -0.3 is 15.4 Å². The predicted octanol–water partition coefficient (Wildman–Crippen LogP) is 4.35. The zero-order valence-corrected chi connectivity index (χ0v) is 12.5. The largest absolute Gasteiger partial charge is 0.491 e. The van der Waals surface area contributed by atoms with E-state index in [1.165, 1.54) is 12.1 Å². The van der Waals surface area contributed by atoms with Gasteiger partial charge >= 0.3 is 0 Å². The summed E-state index contributed by atoms with van der Waals surface area (Å²) in [6.07, 6.45) is 0.930. The Morgan fingerprint density at radius 2 is 1.81 bits per heavy atom. The smallest absolute Gasteiger partial charge is 0.144 e. The van der Waals surface area contributed by atoms with Crippen LogP contribution in [0.4, 0.5) is 21.5 Å². The van der Waals surface area contributed by atoms with E-state index in [2.05, 4.69) is 6.92 Å². The number of para-hydroxylation sites is 1. The quantitative estimate of drug-likeness (QED) is 0.803. The van der Waals surface area contributed by atoms with Crippen molar-refractivity contribution in [3.8, 4) is 5.75 Å². The van der Waals surface area contributed by atoms with Crippen LogP contribution in [-0.4, -0.2) is 13.2 Å². The first kappa shape index (κ1) is 15.2. The minimum absolute atomic E-state index is 0.247. The first-order chi connectivity index (χ1) is 10.2. The van der Waals surface area contributed by atoms with Crippen molar-refractivity contribution in [3.63, 3.8) is 0 Å². The van der Waals surface area contributed by atoms with Crippen LogP contribution in [0.15, 0.2) is 42.5 Å². The third kappa shape index (κ3) is 3.45. The molecule has 112 valence electrons. The van der Waals surface area contributed by atoms with E-state index < -0.39 is 0 Å². The van der Waals surface area contributed by atoms with Crippen LogP contribution in [0.3, 0.4) is 0 Å². The zero-order valence-electron chi connectivity index (χ0n) is 12.5. The fourth-order valence-corrected chi connectivity index (χ4v) is 2.22. The lowest BCUT2D eigenvalue weighted by atomic mass is 10.2. The fraction of sp³-hybridized carbons (Fsp3) is 0.294. The number of anilines is 3. The minimum Gasteiger partial charge on any atom is -0.491 e. The molecule has 4 heteroatoms. The minimum atomic E-state index is -0.247. The molecule has 0 saturated carbocycles. The molecule has 0 aliphatic heterocycles. The molecule has 0 saturated heterocycles. The van der Waals surface area contributed by atoms with Crippen LogP contribution in [0.5, 0.6) is 5.75 Å². The summed E-state index contributed by atoms with van der Waals surface area (Å²) in [5, 5.41) is 0. The highest BCUT2D eigenvalue weighted by atomic mass is 19.1. The van der Waals surface area contributed by atoms with Crippen molar-refractivity contribution in [1.29, 1.82) is 0 Å². The second kappa shape index (κ2) is 6.97. The molecule has 0 unspecified atom stereocenters. The predicted molar refractivity (Wildman–Crippen MR) is 85.7 cm³/mol. The molecule has 0 atom stereocenters. The van der Waals surface area contributed by atoms with Gasteiger partial charge in [0.15, 0.2) is 0 Å². The molecule has 0 fully saturated rings. The number of nitrogen functional groups attached to an aromatic ring is 1. The Bertz CT molecular complexity index is 584. The summed E-state index contributed by atoms with van der Waals surface area (Å²) in [6, 6.07) is 12.1. The van der Waals surface area contributed by atoms with Crippen molar-refractivity contribution in [2.45, 2.75) is 20.3 Å². The number of benzene rings is 2. The van der Waals surface area contributed by atoms with E-state index >= 15 is 0 Å². The molecule has 3 nitrogen and oxygen atoms in total. The second-order valence-corrected chi connectivity index (χ2v) is 4.76. The van der Waals surface area contributed by atoms with Gasteiger partial charge in [-0.1, -0.05) is 13.0 Å². The van der Waals surface area contributed by atoms with Gasteiger partial charge in [0.25, 0.3) is 0 Å². The first-order valence-electron chi connectivity index (χ1n) is 7.21. The van der Waals surface area contributed by atoms with Gasteiger partial charge in [0.05, 0.1) is 18.0 Å². The van der Waals surface area contributed by atoms with Crippen molar-refractivity contribution in [3.05, 3.63) is 48.3 Å². The number of rotatable bonds is 6. The normalized spacial score (nSPS) is 10.4. The topological polar surface area (TPSA) is 38.5 Å². The third-order valence-corrected chi connectivity index (χ3v) is 3.25. The molecule has 0 amide bonds. The number of halogens is 1. The van der Waals surface area contributed by atoms with Crippen LogP contribution in [0, 0.1) is 5.82 Å². The van der Waals surface area contributed by atoms with Crippen molar-refractivity contribution in [1.82, 2.24) is 0 Å². The maximum absolute atomic E-state index is 13.1. The van der Waals surface area contributed by atoms with Gasteiger partial charge in [-0.3, -0.25) is 0 Å². The van der Waals surface area contributed by atoms with Gasteiger partial charge in [0.2, 0.25) is 0 Å². The average molecular weight is 288 g/mol. The van der Waals surface area contributed by atoms with Gasteiger partial charge in [-0.25, -0.2) is 4.39 Å². The molecule has 0 aliphatic carbocycles. The Kier molecular flexibility index (Phi) is 5.04. The van der Waals surface area contributed by atoms with E-state index in [-0.39, 0.29) is 5.82 Å². The van der Waals surface area contributed by atoms with Gasteiger partial charge in [-0.2, -0.15) is 0 Å². The summed E-state index contributed by atoms with van der Waals surface area (Å²) < 4.78 is 18.7. The summed E-state index contributed by atoms with van der Waals surface area (Å²) in [6.45, 7) is 5.45. The molecule has 0 aromatic heterocycles. The summed E-state index contributed by atoms with van der Waals surface area (Å²) in [5.41, 5.74) is 8.61. The number of ether oxygens (including phenoxy) is 1. The lowest BCUT2D eigenvalue weighted by Gasteiger charge is -2.25. The molecule has 2 N–H and O–H groups in total. The number of hydrogen-bond acceptors (Lipinski definition) is 3. The SMILES string of the molecule is CCCOc1cccc(N(CC)c2ccc(F)cc2)c1N. The molecule has 0 radical (unpaired) electrons. The zero-order chi connectivity index (χ0) is 15.2. The molecule has 2 aromatic carbocycles. The summed E-state index contributed by atoms with van der Waals surface area (Å²) in [4.78, 5) is 2.04. The van der Waals surface area contributed by atoms with Crippen LogP contribution < -0.4 is 15.4 Å². The van der Waals surface area contributed by atoms with Crippen molar-refractivity contribution >= 4 is 17.1 Å². The Morgan fingerprint density at radius 1 is 1.10 bits per heavy atom. The van der Waals surface area contributed by atoms with Crippen molar-refractivity contribution < 1.29 is 9.13 Å². The highest BCUT2D eigenvalue weighted by molar-refractivity contribution is 5.79. The van der Waals surface area contributed by atoms with Crippen LogP contribution in [0.25, 0.3) is 0 Å². The van der Waals surface area contributed by atoms with Crippen molar-refractivity contribution in [2.24, 2.45) is 0 Å². The van der Waals surface area contributed by atoms with Gasteiger partial charge in [-0.05, 0) is 49.7 Å². The number of hydrogen-bond donors (Lipinski definition) is 1. The van der Waals surface area contributed by atoms with Crippen LogP contribution in [0.1, 0.15) is 20.3 Å². The Balaban J connectivity index is 2.35. The van der Waals surface area contributed by atoms with E-state index in [1.54, 1.807) is 12.1 Å². The average Bonchev–Trinajstić information content (AvgIpc) is 2.50. The van der Waals surface area contributed by atoms with E-state index in [1.807, 2.05) is 30.0 Å². The summed E-state index contributed by atoms with van der Waals surface area (Å²) in [5.74, 6) is 0.442. The summed E-state index contributed by atoms with van der Waals surface area (Å²) >= 11 is 0.